The van der Waals surface area contributed by atoms with E-state index in [0.29, 0.717) is 0 Å². The minimum Gasteiger partial charge on any atom is -0.784 e. The summed E-state index contributed by atoms with van der Waals surface area (Å²) < 4.78 is 2.47. The second-order valence-corrected chi connectivity index (χ2v) is 13.0. The van der Waals surface area contributed by atoms with Gasteiger partial charge in [0.25, 0.3) is 0 Å². The Kier molecular flexibility index (Phi) is 8.62. The van der Waals surface area contributed by atoms with Gasteiger partial charge in [0.1, 0.15) is 0 Å². The second kappa shape index (κ2) is 12.4. The van der Waals surface area contributed by atoms with Crippen LogP contribution in [0.5, 0.6) is 0 Å². The predicted octanol–water partition coefficient (Wildman–Crippen LogP) is 9.39. The first-order valence-electron chi connectivity index (χ1n) is 13.2. The molecule has 2 aliphatic rings. The Morgan fingerprint density at radius 1 is 0.512 bits per heavy atom. The zero-order valence-electron chi connectivity index (χ0n) is 22.1. The van der Waals surface area contributed by atoms with Gasteiger partial charge in [0.05, 0.1) is 30.4 Å². The van der Waals surface area contributed by atoms with Crippen LogP contribution in [0.15, 0.2) is 109 Å². The van der Waals surface area contributed by atoms with Crippen LogP contribution >= 0.6 is 22.7 Å². The first-order valence-corrected chi connectivity index (χ1v) is 15.8. The summed E-state index contributed by atoms with van der Waals surface area (Å²) in [5.74, 6) is 0.412. The normalized spacial score (nSPS) is 20.5. The molecule has 0 fully saturated rings. The van der Waals surface area contributed by atoms with Crippen LogP contribution in [0.3, 0.4) is 0 Å². The summed E-state index contributed by atoms with van der Waals surface area (Å²) in [5, 5.41) is 2.38. The fourth-order valence-corrected chi connectivity index (χ4v) is 8.55. The van der Waals surface area contributed by atoms with Gasteiger partial charge in [-0.1, -0.05) is 108 Å². The Morgan fingerprint density at radius 2 is 0.902 bits per heavy atom. The van der Waals surface area contributed by atoms with E-state index >= 15 is 0 Å². The van der Waals surface area contributed by atoms with E-state index in [1.54, 1.807) is 22.7 Å². The molecule has 41 heavy (non-hydrogen) atoms. The number of nitrogens with zero attached hydrogens (tertiary/aromatic N) is 2. The quantitative estimate of drug-likeness (QED) is 0.137. The summed E-state index contributed by atoms with van der Waals surface area (Å²) in [4.78, 5) is 9.52. The monoisotopic (exact) mass is 652 g/mol. The molecular weight excluding hydrogens is 630 g/mol. The van der Waals surface area contributed by atoms with Crippen LogP contribution in [0.1, 0.15) is 54.6 Å². The van der Waals surface area contributed by atoms with E-state index in [0.717, 1.165) is 21.0 Å². The SMILES string of the molecule is [S-]C1c2ccccc2C=CC1c1nc2ccccc2s1.[S-]C1c2ccccc2C=CC1c1nc2ccccc2s1.[Zn+2]. The summed E-state index contributed by atoms with van der Waals surface area (Å²) >= 11 is 15.0. The molecule has 2 heterocycles. The van der Waals surface area contributed by atoms with E-state index in [9.17, 15) is 0 Å². The molecule has 2 nitrogen and oxygen atoms in total. The maximum absolute atomic E-state index is 5.77. The zero-order valence-corrected chi connectivity index (χ0v) is 28.3. The van der Waals surface area contributed by atoms with Crippen molar-refractivity contribution in [2.24, 2.45) is 0 Å². The van der Waals surface area contributed by atoms with Crippen molar-refractivity contribution in [3.8, 4) is 0 Å². The minimum atomic E-state index is 0. The number of hydrogen-bond acceptors (Lipinski definition) is 6. The average Bonchev–Trinajstić information content (AvgIpc) is 3.63. The molecule has 0 aliphatic heterocycles. The van der Waals surface area contributed by atoms with Crippen molar-refractivity contribution in [3.05, 3.63) is 141 Å². The van der Waals surface area contributed by atoms with Crippen molar-refractivity contribution in [2.45, 2.75) is 22.3 Å². The number of benzene rings is 4. The van der Waals surface area contributed by atoms with Gasteiger partial charge in [0.2, 0.25) is 0 Å². The molecule has 0 bridgehead atoms. The van der Waals surface area contributed by atoms with Gasteiger partial charge >= 0.3 is 19.5 Å². The van der Waals surface area contributed by atoms with Crippen LogP contribution in [0.2, 0.25) is 0 Å². The average molecular weight is 654 g/mol. The Balaban J connectivity index is 0.000000144. The molecule has 0 amide bonds. The number of aromatic nitrogens is 2. The molecule has 196 valence electrons. The molecule has 2 aromatic heterocycles. The summed E-state index contributed by atoms with van der Waals surface area (Å²) in [6, 6.07) is 33.3. The molecule has 8 rings (SSSR count). The van der Waals surface area contributed by atoms with Gasteiger partial charge in [0, 0.05) is 11.8 Å². The molecule has 4 aromatic carbocycles. The van der Waals surface area contributed by atoms with Crippen molar-refractivity contribution in [1.29, 1.82) is 0 Å². The van der Waals surface area contributed by atoms with Gasteiger partial charge in [-0.25, -0.2) is 9.97 Å². The summed E-state index contributed by atoms with van der Waals surface area (Å²) in [6.45, 7) is 0. The van der Waals surface area contributed by atoms with Crippen LogP contribution in [0.4, 0.5) is 0 Å². The van der Waals surface area contributed by atoms with Gasteiger partial charge in [-0.15, -0.1) is 33.2 Å². The first-order chi connectivity index (χ1) is 19.7. The fourth-order valence-electron chi connectivity index (χ4n) is 5.34. The third-order valence-corrected chi connectivity index (χ3v) is 10.8. The number of para-hydroxylation sites is 2. The third-order valence-electron chi connectivity index (χ3n) is 7.41. The van der Waals surface area contributed by atoms with Gasteiger partial charge in [-0.05, 0) is 35.4 Å². The molecule has 0 saturated heterocycles. The van der Waals surface area contributed by atoms with Crippen molar-refractivity contribution >= 4 is 80.5 Å². The number of hydrogen-bond donors (Lipinski definition) is 0. The molecule has 4 atom stereocenters. The number of allylic oxidation sites excluding steroid dienone is 2. The number of rotatable bonds is 2. The van der Waals surface area contributed by atoms with E-state index < -0.39 is 0 Å². The number of fused-ring (bicyclic) bond motifs is 4. The molecule has 0 radical (unpaired) electrons. The summed E-state index contributed by atoms with van der Waals surface area (Å²) in [7, 11) is 0. The minimum absolute atomic E-state index is 0. The Morgan fingerprint density at radius 3 is 1.34 bits per heavy atom. The largest absolute Gasteiger partial charge is 2.00 e. The van der Waals surface area contributed by atoms with E-state index in [1.807, 2.05) is 12.1 Å². The van der Waals surface area contributed by atoms with E-state index in [-0.39, 0.29) is 41.8 Å². The fraction of sp³-hybridized carbons (Fsp3) is 0.118. The van der Waals surface area contributed by atoms with Gasteiger partial charge in [-0.3, -0.25) is 0 Å². The van der Waals surface area contributed by atoms with Crippen molar-refractivity contribution < 1.29 is 19.5 Å². The second-order valence-electron chi connectivity index (χ2n) is 9.91. The molecule has 4 unspecified atom stereocenters. The topological polar surface area (TPSA) is 25.8 Å². The van der Waals surface area contributed by atoms with Crippen molar-refractivity contribution in [3.63, 3.8) is 0 Å². The number of thiazole rings is 2. The summed E-state index contributed by atoms with van der Waals surface area (Å²) in [6.07, 6.45) is 8.76. The van der Waals surface area contributed by atoms with Gasteiger partial charge in [0.15, 0.2) is 0 Å². The van der Waals surface area contributed by atoms with E-state index in [1.165, 1.54) is 31.7 Å². The molecule has 2 aliphatic carbocycles. The maximum atomic E-state index is 5.77. The van der Waals surface area contributed by atoms with E-state index in [4.69, 9.17) is 35.2 Å². The molecule has 7 heteroatoms. The molecular formula is C34H24N2S4Zn. The maximum Gasteiger partial charge on any atom is 2.00 e. The molecule has 0 spiro atoms. The van der Waals surface area contributed by atoms with Crippen molar-refractivity contribution in [1.82, 2.24) is 9.97 Å². The van der Waals surface area contributed by atoms with E-state index in [2.05, 4.69) is 109 Å². The van der Waals surface area contributed by atoms with Crippen LogP contribution in [0.25, 0.3) is 32.6 Å². The zero-order chi connectivity index (χ0) is 27.1. The molecule has 0 saturated carbocycles. The van der Waals surface area contributed by atoms with Crippen molar-refractivity contribution in [2.75, 3.05) is 0 Å². The van der Waals surface area contributed by atoms with Crippen LogP contribution in [-0.2, 0) is 44.7 Å². The Hall–Kier alpha value is -2.54. The predicted molar refractivity (Wildman–Crippen MR) is 176 cm³/mol. The Bertz CT molecular complexity index is 1690. The van der Waals surface area contributed by atoms with Crippen LogP contribution < -0.4 is 0 Å². The Labute approximate surface area is 271 Å². The van der Waals surface area contributed by atoms with Crippen LogP contribution in [-0.4, -0.2) is 9.97 Å². The smallest absolute Gasteiger partial charge is 0.784 e. The van der Waals surface area contributed by atoms with Crippen LogP contribution in [0, 0.1) is 0 Å². The third kappa shape index (κ3) is 5.63. The first kappa shape index (κ1) is 28.6. The molecule has 6 aromatic rings. The standard InChI is InChI=1S/2C17H13NS2.Zn/c2*19-16-12-6-2-1-5-11(12)9-10-13(16)17-18-14-7-3-4-8-15(14)20-17;/h2*1-10,13,16,19H;/q;;+2/p-2. The van der Waals surface area contributed by atoms with Gasteiger partial charge in [-0.2, -0.15) is 0 Å². The van der Waals surface area contributed by atoms with Gasteiger partial charge < -0.3 is 25.3 Å². The summed E-state index contributed by atoms with van der Waals surface area (Å²) in [5.41, 5.74) is 7.11. The molecule has 0 N–H and O–H groups in total.